The van der Waals surface area contributed by atoms with Crippen LogP contribution in [0.1, 0.15) is 17.2 Å². The summed E-state index contributed by atoms with van der Waals surface area (Å²) in [5, 5.41) is 3.44. The molecule has 0 saturated heterocycles. The molecule has 0 aliphatic heterocycles. The highest BCUT2D eigenvalue weighted by Crippen LogP contribution is 2.22. The smallest absolute Gasteiger partial charge is 0.0649 e. The van der Waals surface area contributed by atoms with Gasteiger partial charge in [-0.2, -0.15) is 0 Å². The molecule has 1 aromatic carbocycles. The number of hydrogen-bond acceptors (Lipinski definition) is 2. The molecule has 0 radical (unpaired) electrons. The maximum atomic E-state index is 6.03. The van der Waals surface area contributed by atoms with E-state index in [-0.39, 0.29) is 6.04 Å². The number of anilines is 1. The number of benzene rings is 1. The Morgan fingerprint density at radius 2 is 2.00 bits per heavy atom. The van der Waals surface area contributed by atoms with Crippen molar-refractivity contribution in [2.45, 2.75) is 13.0 Å². The van der Waals surface area contributed by atoms with Crippen LogP contribution in [0.3, 0.4) is 0 Å². The molecule has 0 amide bonds. The van der Waals surface area contributed by atoms with Crippen LogP contribution in [-0.2, 0) is 0 Å². The van der Waals surface area contributed by atoms with Crippen molar-refractivity contribution in [1.82, 2.24) is 4.98 Å². The maximum Gasteiger partial charge on any atom is 0.0649 e. The average Bonchev–Trinajstić information content (AvgIpc) is 2.39. The molecule has 1 heterocycles. The van der Waals surface area contributed by atoms with Crippen molar-refractivity contribution >= 4 is 17.3 Å². The normalized spacial score (nSPS) is 12.1. The molecule has 0 aliphatic rings. The Morgan fingerprint density at radius 3 is 2.65 bits per heavy atom. The Kier molecular flexibility index (Phi) is 3.99. The number of nitrogens with zero attached hydrogens (tertiary/aromatic N) is 1. The summed E-state index contributed by atoms with van der Waals surface area (Å²) in [6.07, 6.45) is 3.63. The summed E-state index contributed by atoms with van der Waals surface area (Å²) in [6, 6.07) is 12.3. The second kappa shape index (κ2) is 5.69. The molecule has 88 valence electrons. The zero-order chi connectivity index (χ0) is 12.1. The Labute approximate surface area is 107 Å². The Hall–Kier alpha value is -1.54. The first-order chi connectivity index (χ1) is 8.31. The fourth-order valence-corrected chi connectivity index (χ4v) is 1.97. The first-order valence-corrected chi connectivity index (χ1v) is 6.13. The summed E-state index contributed by atoms with van der Waals surface area (Å²) in [7, 11) is 0. The fraction of sp³-hybridized carbons (Fsp3) is 0.214. The maximum absolute atomic E-state index is 6.03. The van der Waals surface area contributed by atoms with Crippen LogP contribution >= 0.6 is 11.6 Å². The van der Waals surface area contributed by atoms with Crippen molar-refractivity contribution < 1.29 is 0 Å². The van der Waals surface area contributed by atoms with Crippen LogP contribution in [0, 0.1) is 6.92 Å². The molecule has 2 rings (SSSR count). The van der Waals surface area contributed by atoms with E-state index in [0.717, 1.165) is 11.3 Å². The summed E-state index contributed by atoms with van der Waals surface area (Å²) in [6.45, 7) is 2.03. The van der Waals surface area contributed by atoms with Gasteiger partial charge in [-0.3, -0.25) is 4.98 Å². The summed E-state index contributed by atoms with van der Waals surface area (Å²) < 4.78 is 0. The van der Waals surface area contributed by atoms with E-state index >= 15 is 0 Å². The van der Waals surface area contributed by atoms with Crippen molar-refractivity contribution in [2.24, 2.45) is 0 Å². The zero-order valence-corrected chi connectivity index (χ0v) is 10.5. The number of aromatic nitrogens is 1. The molecule has 1 N–H and O–H groups in total. The predicted octanol–water partition coefficient (Wildman–Crippen LogP) is 3.78. The summed E-state index contributed by atoms with van der Waals surface area (Å²) >= 11 is 6.03. The number of alkyl halides is 1. The summed E-state index contributed by atoms with van der Waals surface area (Å²) in [5.74, 6) is 0.534. The number of aryl methyl sites for hydroxylation is 1. The van der Waals surface area contributed by atoms with Gasteiger partial charge in [0.15, 0.2) is 0 Å². The van der Waals surface area contributed by atoms with Crippen LogP contribution in [0.25, 0.3) is 0 Å². The monoisotopic (exact) mass is 246 g/mol. The quantitative estimate of drug-likeness (QED) is 0.831. The minimum Gasteiger partial charge on any atom is -0.377 e. The SMILES string of the molecule is Cc1cnccc1NC(CCl)c1ccccc1. The van der Waals surface area contributed by atoms with Gasteiger partial charge >= 0.3 is 0 Å². The molecule has 0 saturated carbocycles. The van der Waals surface area contributed by atoms with E-state index in [2.05, 4.69) is 22.4 Å². The summed E-state index contributed by atoms with van der Waals surface area (Å²) in [5.41, 5.74) is 3.40. The van der Waals surface area contributed by atoms with Gasteiger partial charge in [-0.1, -0.05) is 30.3 Å². The van der Waals surface area contributed by atoms with Gasteiger partial charge in [-0.15, -0.1) is 11.6 Å². The van der Waals surface area contributed by atoms with Crippen molar-refractivity contribution in [1.29, 1.82) is 0 Å². The lowest BCUT2D eigenvalue weighted by molar-refractivity contribution is 0.890. The summed E-state index contributed by atoms with van der Waals surface area (Å²) in [4.78, 5) is 4.08. The largest absolute Gasteiger partial charge is 0.377 e. The van der Waals surface area contributed by atoms with Crippen LogP contribution in [0.2, 0.25) is 0 Å². The molecule has 0 aliphatic carbocycles. The first kappa shape index (κ1) is 11.9. The molecular formula is C14H15ClN2. The highest BCUT2D eigenvalue weighted by molar-refractivity contribution is 6.18. The van der Waals surface area contributed by atoms with Crippen molar-refractivity contribution in [3.05, 3.63) is 59.9 Å². The third-order valence-corrected chi connectivity index (χ3v) is 3.01. The van der Waals surface area contributed by atoms with Crippen LogP contribution in [0.15, 0.2) is 48.8 Å². The van der Waals surface area contributed by atoms with E-state index in [9.17, 15) is 0 Å². The van der Waals surface area contributed by atoms with E-state index in [1.54, 1.807) is 6.20 Å². The average molecular weight is 247 g/mol. The van der Waals surface area contributed by atoms with E-state index in [1.165, 1.54) is 5.56 Å². The van der Waals surface area contributed by atoms with Gasteiger partial charge in [0.05, 0.1) is 6.04 Å². The van der Waals surface area contributed by atoms with Crippen molar-refractivity contribution in [2.75, 3.05) is 11.2 Å². The van der Waals surface area contributed by atoms with Crippen LogP contribution in [0.5, 0.6) is 0 Å². The van der Waals surface area contributed by atoms with Crippen LogP contribution in [-0.4, -0.2) is 10.9 Å². The molecule has 0 fully saturated rings. The molecule has 0 spiro atoms. The van der Waals surface area contributed by atoms with Gasteiger partial charge in [0, 0.05) is 24.0 Å². The van der Waals surface area contributed by atoms with Crippen LogP contribution in [0.4, 0.5) is 5.69 Å². The minimum atomic E-state index is 0.124. The Morgan fingerprint density at radius 1 is 1.24 bits per heavy atom. The van der Waals surface area contributed by atoms with Crippen LogP contribution < -0.4 is 5.32 Å². The van der Waals surface area contributed by atoms with Gasteiger partial charge in [0.25, 0.3) is 0 Å². The van der Waals surface area contributed by atoms with Gasteiger partial charge in [-0.05, 0) is 24.1 Å². The third-order valence-electron chi connectivity index (χ3n) is 2.71. The second-order valence-electron chi connectivity index (χ2n) is 3.95. The van der Waals surface area contributed by atoms with Crippen molar-refractivity contribution in [3.63, 3.8) is 0 Å². The topological polar surface area (TPSA) is 24.9 Å². The number of hydrogen-bond donors (Lipinski definition) is 1. The third kappa shape index (κ3) is 2.98. The molecule has 0 bridgehead atoms. The molecule has 1 unspecified atom stereocenters. The molecule has 1 atom stereocenters. The van der Waals surface area contributed by atoms with E-state index in [0.29, 0.717) is 5.88 Å². The molecule has 3 heteroatoms. The Bertz CT molecular complexity index is 471. The van der Waals surface area contributed by atoms with Gasteiger partial charge in [-0.25, -0.2) is 0 Å². The van der Waals surface area contributed by atoms with E-state index in [4.69, 9.17) is 11.6 Å². The van der Waals surface area contributed by atoms with Crippen molar-refractivity contribution in [3.8, 4) is 0 Å². The number of pyridine rings is 1. The van der Waals surface area contributed by atoms with E-state index in [1.807, 2.05) is 37.4 Å². The standard InChI is InChI=1S/C14H15ClN2/c1-11-10-16-8-7-13(11)17-14(9-15)12-5-3-2-4-6-12/h2-8,10,14H,9H2,1H3,(H,16,17). The molecule has 17 heavy (non-hydrogen) atoms. The minimum absolute atomic E-state index is 0.124. The number of nitrogens with one attached hydrogen (secondary N) is 1. The second-order valence-corrected chi connectivity index (χ2v) is 4.26. The molecule has 2 aromatic rings. The number of rotatable bonds is 4. The lowest BCUT2D eigenvalue weighted by Crippen LogP contribution is -2.13. The van der Waals surface area contributed by atoms with Gasteiger partial charge in [0.1, 0.15) is 0 Å². The fourth-order valence-electron chi connectivity index (χ4n) is 1.72. The molecular weight excluding hydrogens is 232 g/mol. The van der Waals surface area contributed by atoms with Gasteiger partial charge < -0.3 is 5.32 Å². The first-order valence-electron chi connectivity index (χ1n) is 5.59. The Balaban J connectivity index is 2.19. The highest BCUT2D eigenvalue weighted by Gasteiger charge is 2.10. The number of halogens is 1. The zero-order valence-electron chi connectivity index (χ0n) is 9.73. The lowest BCUT2D eigenvalue weighted by Gasteiger charge is -2.19. The highest BCUT2D eigenvalue weighted by atomic mass is 35.5. The lowest BCUT2D eigenvalue weighted by atomic mass is 10.1. The predicted molar refractivity (Wildman–Crippen MR) is 72.5 cm³/mol. The van der Waals surface area contributed by atoms with Gasteiger partial charge in [0.2, 0.25) is 0 Å². The molecule has 1 aromatic heterocycles. The molecule has 2 nitrogen and oxygen atoms in total. The van der Waals surface area contributed by atoms with E-state index < -0.39 is 0 Å².